The summed E-state index contributed by atoms with van der Waals surface area (Å²) in [6.07, 6.45) is 0. The molecule has 4 aromatic carbocycles. The highest BCUT2D eigenvalue weighted by molar-refractivity contribution is 6.16. The molecular formula is C33H27N3O2. The van der Waals surface area contributed by atoms with E-state index in [4.69, 9.17) is 24.4 Å². The summed E-state index contributed by atoms with van der Waals surface area (Å²) in [5.74, 6) is 1.39. The molecule has 0 saturated carbocycles. The molecule has 1 aromatic heterocycles. The molecule has 0 saturated heterocycles. The third kappa shape index (κ3) is 5.52. The molecule has 0 aliphatic rings. The Bertz CT molecular complexity index is 1460. The standard InChI is InChI=1S/C33H27N3O2/c1-37-30-22-11-9-18-26(30)35-32(24-14-5-3-6-15-24)28-20-13-21-29(34-28)33(25-16-7-4-8-17-25)36-27-19-10-12-23-31(27)38-2/h3-23H,1-2H3. The summed E-state index contributed by atoms with van der Waals surface area (Å²) in [5.41, 5.74) is 6.28. The van der Waals surface area contributed by atoms with Crippen molar-refractivity contribution in [1.29, 1.82) is 0 Å². The van der Waals surface area contributed by atoms with Crippen molar-refractivity contribution < 1.29 is 9.47 Å². The molecule has 38 heavy (non-hydrogen) atoms. The van der Waals surface area contributed by atoms with Crippen LogP contribution in [0.2, 0.25) is 0 Å². The van der Waals surface area contributed by atoms with E-state index in [2.05, 4.69) is 0 Å². The Morgan fingerprint density at radius 2 is 0.868 bits per heavy atom. The van der Waals surface area contributed by atoms with Crippen molar-refractivity contribution in [1.82, 2.24) is 4.98 Å². The molecule has 1 heterocycles. The molecule has 0 spiro atoms. The minimum absolute atomic E-state index is 0.694. The maximum Gasteiger partial charge on any atom is 0.144 e. The molecule has 0 aliphatic carbocycles. The fraction of sp³-hybridized carbons (Fsp3) is 0.0606. The fourth-order valence-electron chi connectivity index (χ4n) is 4.12. The van der Waals surface area contributed by atoms with Crippen molar-refractivity contribution in [3.8, 4) is 11.5 Å². The van der Waals surface area contributed by atoms with Gasteiger partial charge in [0.25, 0.3) is 0 Å². The van der Waals surface area contributed by atoms with Crippen LogP contribution in [0.3, 0.4) is 0 Å². The molecule has 5 aromatic rings. The van der Waals surface area contributed by atoms with Crippen molar-refractivity contribution in [3.63, 3.8) is 0 Å². The molecule has 0 amide bonds. The van der Waals surface area contributed by atoms with Gasteiger partial charge in [0, 0.05) is 11.1 Å². The Balaban J connectivity index is 1.69. The van der Waals surface area contributed by atoms with Gasteiger partial charge in [0.15, 0.2) is 0 Å². The van der Waals surface area contributed by atoms with Crippen molar-refractivity contribution in [3.05, 3.63) is 150 Å². The van der Waals surface area contributed by atoms with Gasteiger partial charge in [-0.15, -0.1) is 0 Å². The monoisotopic (exact) mass is 497 g/mol. The minimum Gasteiger partial charge on any atom is -0.494 e. The van der Waals surface area contributed by atoms with E-state index in [-0.39, 0.29) is 0 Å². The molecule has 5 rings (SSSR count). The first-order valence-electron chi connectivity index (χ1n) is 12.3. The van der Waals surface area contributed by atoms with Crippen LogP contribution in [0.5, 0.6) is 11.5 Å². The first-order chi connectivity index (χ1) is 18.8. The first kappa shape index (κ1) is 24.7. The highest BCUT2D eigenvalue weighted by atomic mass is 16.5. The zero-order valence-corrected chi connectivity index (χ0v) is 21.3. The molecular weight excluding hydrogens is 470 g/mol. The maximum absolute atomic E-state index is 5.57. The highest BCUT2D eigenvalue weighted by Gasteiger charge is 2.15. The number of hydrogen-bond acceptors (Lipinski definition) is 5. The number of nitrogens with zero attached hydrogens (tertiary/aromatic N) is 3. The van der Waals surface area contributed by atoms with Gasteiger partial charge in [-0.05, 0) is 36.4 Å². The van der Waals surface area contributed by atoms with Crippen LogP contribution < -0.4 is 9.47 Å². The van der Waals surface area contributed by atoms with Crippen LogP contribution in [0.25, 0.3) is 0 Å². The Morgan fingerprint density at radius 3 is 1.29 bits per heavy atom. The molecule has 0 radical (unpaired) electrons. The molecule has 0 N–H and O–H groups in total. The van der Waals surface area contributed by atoms with Crippen LogP contribution in [-0.2, 0) is 0 Å². The summed E-state index contributed by atoms with van der Waals surface area (Å²) in [7, 11) is 3.30. The predicted octanol–water partition coefficient (Wildman–Crippen LogP) is 7.44. The molecule has 5 nitrogen and oxygen atoms in total. The lowest BCUT2D eigenvalue weighted by Gasteiger charge is -2.12. The van der Waals surface area contributed by atoms with Gasteiger partial charge in [0.1, 0.15) is 22.9 Å². The topological polar surface area (TPSA) is 56.1 Å². The van der Waals surface area contributed by atoms with Crippen LogP contribution in [-0.4, -0.2) is 30.6 Å². The number of methoxy groups -OCH3 is 2. The van der Waals surface area contributed by atoms with Gasteiger partial charge in [-0.2, -0.15) is 0 Å². The molecule has 0 unspecified atom stereocenters. The summed E-state index contributed by atoms with van der Waals surface area (Å²) in [4.78, 5) is 15.1. The van der Waals surface area contributed by atoms with Crippen LogP contribution in [0.15, 0.2) is 137 Å². The second kappa shape index (κ2) is 11.8. The van der Waals surface area contributed by atoms with Gasteiger partial charge in [0.2, 0.25) is 0 Å². The average Bonchev–Trinajstić information content (AvgIpc) is 3.00. The largest absolute Gasteiger partial charge is 0.494 e. The fourth-order valence-corrected chi connectivity index (χ4v) is 4.12. The maximum atomic E-state index is 5.57. The Kier molecular flexibility index (Phi) is 7.66. The zero-order chi connectivity index (χ0) is 26.2. The SMILES string of the molecule is COc1ccccc1N=C(c1ccccc1)c1cccc(C(=Nc2ccccc2OC)c2ccccc2)n1. The number of aliphatic imine (C=N–C) groups is 2. The van der Waals surface area contributed by atoms with Crippen LogP contribution in [0, 0.1) is 0 Å². The number of hydrogen-bond donors (Lipinski definition) is 0. The lowest BCUT2D eigenvalue weighted by atomic mass is 10.0. The third-order valence-electron chi connectivity index (χ3n) is 5.96. The summed E-state index contributed by atoms with van der Waals surface area (Å²) in [6.45, 7) is 0. The number of benzene rings is 4. The van der Waals surface area contributed by atoms with Crippen LogP contribution in [0.1, 0.15) is 22.5 Å². The van der Waals surface area contributed by atoms with Crippen LogP contribution in [0.4, 0.5) is 11.4 Å². The molecule has 0 aliphatic heterocycles. The van der Waals surface area contributed by atoms with Gasteiger partial charge >= 0.3 is 0 Å². The lowest BCUT2D eigenvalue weighted by Crippen LogP contribution is -2.11. The van der Waals surface area contributed by atoms with E-state index in [1.165, 1.54) is 0 Å². The molecule has 186 valence electrons. The van der Waals surface area contributed by atoms with Gasteiger partial charge < -0.3 is 9.47 Å². The van der Waals surface area contributed by atoms with Gasteiger partial charge in [-0.25, -0.2) is 15.0 Å². The number of pyridine rings is 1. The quantitative estimate of drug-likeness (QED) is 0.209. The summed E-state index contributed by atoms with van der Waals surface area (Å²) in [6, 6.07) is 41.4. The van der Waals surface area contributed by atoms with E-state index < -0.39 is 0 Å². The van der Waals surface area contributed by atoms with Crippen molar-refractivity contribution in [2.75, 3.05) is 14.2 Å². The average molecular weight is 498 g/mol. The van der Waals surface area contributed by atoms with Crippen molar-refractivity contribution in [2.45, 2.75) is 0 Å². The van der Waals surface area contributed by atoms with Crippen LogP contribution >= 0.6 is 0 Å². The smallest absolute Gasteiger partial charge is 0.144 e. The Morgan fingerprint density at radius 1 is 0.474 bits per heavy atom. The van der Waals surface area contributed by atoms with Gasteiger partial charge in [-0.3, -0.25) is 0 Å². The third-order valence-corrected chi connectivity index (χ3v) is 5.96. The zero-order valence-electron chi connectivity index (χ0n) is 21.3. The van der Waals surface area contributed by atoms with E-state index in [0.29, 0.717) is 11.5 Å². The summed E-state index contributed by atoms with van der Waals surface area (Å²) < 4.78 is 11.1. The molecule has 0 bridgehead atoms. The molecule has 0 fully saturated rings. The van der Waals surface area contributed by atoms with E-state index >= 15 is 0 Å². The number of rotatable bonds is 8. The number of para-hydroxylation sites is 4. The number of aromatic nitrogens is 1. The minimum atomic E-state index is 0.694. The van der Waals surface area contributed by atoms with Crippen molar-refractivity contribution >= 4 is 22.8 Å². The van der Waals surface area contributed by atoms with Gasteiger partial charge in [-0.1, -0.05) is 91.0 Å². The summed E-state index contributed by atoms with van der Waals surface area (Å²) >= 11 is 0. The van der Waals surface area contributed by atoms with E-state index in [9.17, 15) is 0 Å². The molecule has 0 atom stereocenters. The lowest BCUT2D eigenvalue weighted by molar-refractivity contribution is 0.416. The van der Waals surface area contributed by atoms with E-state index in [0.717, 1.165) is 45.3 Å². The van der Waals surface area contributed by atoms with Crippen molar-refractivity contribution in [2.24, 2.45) is 9.98 Å². The van der Waals surface area contributed by atoms with E-state index in [1.807, 2.05) is 127 Å². The number of ether oxygens (including phenoxy) is 2. The predicted molar refractivity (Wildman–Crippen MR) is 154 cm³/mol. The van der Waals surface area contributed by atoms with Gasteiger partial charge in [0.05, 0.1) is 37.0 Å². The second-order valence-corrected chi connectivity index (χ2v) is 8.40. The normalized spacial score (nSPS) is 11.7. The first-order valence-corrected chi connectivity index (χ1v) is 12.3. The van der Waals surface area contributed by atoms with E-state index in [1.54, 1.807) is 14.2 Å². The Hall–Kier alpha value is -5.03. The Labute approximate surface area is 222 Å². The summed E-state index contributed by atoms with van der Waals surface area (Å²) in [5, 5.41) is 0. The second-order valence-electron chi connectivity index (χ2n) is 8.40. The molecule has 5 heteroatoms. The highest BCUT2D eigenvalue weighted by Crippen LogP contribution is 2.30.